The Morgan fingerprint density at radius 3 is 2.07 bits per heavy atom. The van der Waals surface area contributed by atoms with E-state index in [-0.39, 0.29) is 0 Å². The molecule has 144 valence electrons. The highest BCUT2D eigenvalue weighted by atomic mass is 16.3. The Labute approximate surface area is 163 Å². The van der Waals surface area contributed by atoms with Gasteiger partial charge in [0.1, 0.15) is 19.2 Å². The van der Waals surface area contributed by atoms with Crippen LogP contribution in [0.5, 0.6) is 0 Å². The molecule has 1 rings (SSSR count). The summed E-state index contributed by atoms with van der Waals surface area (Å²) in [5.74, 6) is 0. The Balaban J connectivity index is 2.88. The number of nitrogens with zero attached hydrogens (tertiary/aromatic N) is 4. The number of nitriles is 2. The van der Waals surface area contributed by atoms with E-state index in [2.05, 4.69) is 37.4 Å². The number of benzene rings is 1. The monoisotopic (exact) mass is 367 g/mol. The summed E-state index contributed by atoms with van der Waals surface area (Å²) >= 11 is 0. The lowest BCUT2D eigenvalue weighted by Gasteiger charge is -2.39. The molecule has 1 aromatic carbocycles. The van der Waals surface area contributed by atoms with Crippen LogP contribution in [0, 0.1) is 22.7 Å². The van der Waals surface area contributed by atoms with E-state index in [0.717, 1.165) is 19.6 Å². The van der Waals surface area contributed by atoms with Crippen LogP contribution >= 0.6 is 0 Å². The molecule has 1 N–H and O–H groups in total. The molecule has 5 heteroatoms. The van der Waals surface area contributed by atoms with E-state index in [0.29, 0.717) is 43.5 Å². The Kier molecular flexibility index (Phi) is 10.7. The van der Waals surface area contributed by atoms with Crippen LogP contribution in [0.15, 0.2) is 55.6 Å². The molecule has 0 aliphatic carbocycles. The van der Waals surface area contributed by atoms with Crippen LogP contribution in [0.4, 0.5) is 0 Å². The predicted octanol–water partition coefficient (Wildman–Crippen LogP) is 2.87. The first-order valence-electron chi connectivity index (χ1n) is 9.34. The van der Waals surface area contributed by atoms with Gasteiger partial charge in [0.15, 0.2) is 0 Å². The van der Waals surface area contributed by atoms with Crippen LogP contribution in [0.1, 0.15) is 18.4 Å². The van der Waals surface area contributed by atoms with Crippen molar-refractivity contribution in [3.63, 3.8) is 0 Å². The smallest absolute Gasteiger partial charge is 0.116 e. The second kappa shape index (κ2) is 12.8. The quantitative estimate of drug-likeness (QED) is 0.405. The molecule has 1 atom stereocenters. The second-order valence-electron chi connectivity index (χ2n) is 6.88. The van der Waals surface area contributed by atoms with Gasteiger partial charge in [0.05, 0.1) is 25.2 Å². The van der Waals surface area contributed by atoms with Gasteiger partial charge in [-0.25, -0.2) is 0 Å². The summed E-state index contributed by atoms with van der Waals surface area (Å²) in [7, 11) is 0. The van der Waals surface area contributed by atoms with Crippen molar-refractivity contribution in [3.05, 3.63) is 61.2 Å². The first kappa shape index (κ1) is 22.6. The molecule has 0 aromatic heterocycles. The van der Waals surface area contributed by atoms with E-state index >= 15 is 0 Å². The molecular formula is C22H31N4O+. The number of hydrogen-bond donors (Lipinski definition) is 1. The van der Waals surface area contributed by atoms with Crippen molar-refractivity contribution in [2.24, 2.45) is 0 Å². The van der Waals surface area contributed by atoms with E-state index < -0.39 is 6.10 Å². The van der Waals surface area contributed by atoms with Gasteiger partial charge in [0, 0.05) is 38.0 Å². The molecule has 1 unspecified atom stereocenters. The highest BCUT2D eigenvalue weighted by Crippen LogP contribution is 2.17. The fraction of sp³-hybridized carbons (Fsp3) is 0.455. The molecule has 0 heterocycles. The summed E-state index contributed by atoms with van der Waals surface area (Å²) in [5, 5.41) is 28.5. The van der Waals surface area contributed by atoms with Crippen molar-refractivity contribution in [1.82, 2.24) is 4.90 Å². The Morgan fingerprint density at radius 1 is 1.04 bits per heavy atom. The zero-order valence-electron chi connectivity index (χ0n) is 16.1. The van der Waals surface area contributed by atoms with E-state index in [1.54, 1.807) is 0 Å². The summed E-state index contributed by atoms with van der Waals surface area (Å²) in [6, 6.07) is 14.5. The van der Waals surface area contributed by atoms with Gasteiger partial charge in [-0.05, 0) is 12.2 Å². The third kappa shape index (κ3) is 8.66. The number of aliphatic hydroxyl groups excluding tert-OH is 1. The minimum atomic E-state index is -0.564. The van der Waals surface area contributed by atoms with Crippen LogP contribution in [-0.2, 0) is 6.54 Å². The molecule has 0 amide bonds. The third-order valence-electron chi connectivity index (χ3n) is 4.54. The highest BCUT2D eigenvalue weighted by Gasteiger charge is 2.29. The summed E-state index contributed by atoms with van der Waals surface area (Å²) in [5.41, 5.74) is 1.21. The topological polar surface area (TPSA) is 71.0 Å². The third-order valence-corrected chi connectivity index (χ3v) is 4.54. The molecular weight excluding hydrogens is 336 g/mol. The van der Waals surface area contributed by atoms with Crippen LogP contribution in [0.25, 0.3) is 0 Å². The lowest BCUT2D eigenvalue weighted by Crippen LogP contribution is -2.53. The maximum Gasteiger partial charge on any atom is 0.116 e. The fourth-order valence-corrected chi connectivity index (χ4v) is 3.45. The molecule has 0 fully saturated rings. The van der Waals surface area contributed by atoms with Crippen molar-refractivity contribution in [2.45, 2.75) is 25.5 Å². The SMILES string of the molecule is C=CC[N+](CC=C)(Cc1ccccc1)CC(O)CN(CCC#N)CCC#N. The first-order valence-corrected chi connectivity index (χ1v) is 9.34. The van der Waals surface area contributed by atoms with Crippen LogP contribution in [0.3, 0.4) is 0 Å². The molecule has 0 radical (unpaired) electrons. The van der Waals surface area contributed by atoms with Gasteiger partial charge in [-0.3, -0.25) is 4.90 Å². The van der Waals surface area contributed by atoms with Crippen molar-refractivity contribution in [3.8, 4) is 12.1 Å². The predicted molar refractivity (Wildman–Crippen MR) is 108 cm³/mol. The highest BCUT2D eigenvalue weighted by molar-refractivity contribution is 5.13. The molecule has 0 saturated heterocycles. The van der Waals surface area contributed by atoms with E-state index in [9.17, 15) is 5.11 Å². The summed E-state index contributed by atoms with van der Waals surface area (Å²) in [4.78, 5) is 2.00. The van der Waals surface area contributed by atoms with E-state index in [1.807, 2.05) is 35.3 Å². The van der Waals surface area contributed by atoms with Crippen molar-refractivity contribution in [1.29, 1.82) is 10.5 Å². The minimum Gasteiger partial charge on any atom is -0.386 e. The molecule has 0 aliphatic heterocycles. The molecule has 0 saturated carbocycles. The first-order chi connectivity index (χ1) is 13.1. The zero-order chi connectivity index (χ0) is 20.0. The largest absolute Gasteiger partial charge is 0.386 e. The van der Waals surface area contributed by atoms with Crippen LogP contribution in [-0.4, -0.2) is 59.9 Å². The maximum atomic E-state index is 10.8. The van der Waals surface area contributed by atoms with E-state index in [4.69, 9.17) is 10.5 Å². The summed E-state index contributed by atoms with van der Waals surface area (Å²) in [6.45, 7) is 12.2. The molecule has 1 aromatic rings. The minimum absolute atomic E-state index is 0.390. The standard InChI is InChI=1S/C22H31N4O/c1-3-16-26(17-4-2,19-21-10-6-5-7-11-21)20-22(27)18-25(14-8-12-23)15-9-13-24/h3-7,10-11,22,27H,1-2,8-9,14-20H2/q+1. The Bertz CT molecular complexity index is 617. The van der Waals surface area contributed by atoms with Gasteiger partial charge in [0.25, 0.3) is 0 Å². The normalized spacial score (nSPS) is 12.1. The average Bonchev–Trinajstić information content (AvgIpc) is 2.65. The van der Waals surface area contributed by atoms with Gasteiger partial charge in [0.2, 0.25) is 0 Å². The van der Waals surface area contributed by atoms with Crippen molar-refractivity contribution < 1.29 is 9.59 Å². The summed E-state index contributed by atoms with van der Waals surface area (Å²) in [6.07, 6.45) is 4.00. The fourth-order valence-electron chi connectivity index (χ4n) is 3.45. The lowest BCUT2D eigenvalue weighted by atomic mass is 10.1. The number of quaternary nitrogens is 1. The van der Waals surface area contributed by atoms with Gasteiger partial charge in [-0.15, -0.1) is 0 Å². The van der Waals surface area contributed by atoms with Gasteiger partial charge in [-0.2, -0.15) is 10.5 Å². The number of rotatable bonds is 14. The Hall–Kier alpha value is -2.44. The maximum absolute atomic E-state index is 10.8. The van der Waals surface area contributed by atoms with Crippen LogP contribution in [0.2, 0.25) is 0 Å². The Morgan fingerprint density at radius 2 is 1.59 bits per heavy atom. The lowest BCUT2D eigenvalue weighted by molar-refractivity contribution is -0.933. The number of aliphatic hydroxyl groups is 1. The van der Waals surface area contributed by atoms with Gasteiger partial charge < -0.3 is 9.59 Å². The molecule has 27 heavy (non-hydrogen) atoms. The van der Waals surface area contributed by atoms with Gasteiger partial charge >= 0.3 is 0 Å². The molecule has 0 bridgehead atoms. The summed E-state index contributed by atoms with van der Waals surface area (Å²) < 4.78 is 0.641. The van der Waals surface area contributed by atoms with Crippen LogP contribution < -0.4 is 0 Å². The number of hydrogen-bond acceptors (Lipinski definition) is 4. The molecule has 5 nitrogen and oxygen atoms in total. The van der Waals surface area contributed by atoms with Gasteiger partial charge in [-0.1, -0.05) is 43.5 Å². The average molecular weight is 368 g/mol. The second-order valence-corrected chi connectivity index (χ2v) is 6.88. The van der Waals surface area contributed by atoms with Crippen molar-refractivity contribution >= 4 is 0 Å². The van der Waals surface area contributed by atoms with E-state index in [1.165, 1.54) is 5.56 Å². The van der Waals surface area contributed by atoms with Crippen molar-refractivity contribution in [2.75, 3.05) is 39.3 Å². The molecule has 0 aliphatic rings. The molecule has 0 spiro atoms. The zero-order valence-corrected chi connectivity index (χ0v) is 16.1.